The van der Waals surface area contributed by atoms with Crippen molar-refractivity contribution in [3.8, 4) is 0 Å². The van der Waals surface area contributed by atoms with Crippen LogP contribution in [-0.2, 0) is 14.3 Å². The van der Waals surface area contributed by atoms with Crippen molar-refractivity contribution < 1.29 is 14.3 Å². The van der Waals surface area contributed by atoms with E-state index in [1.165, 1.54) is 6.42 Å². The highest BCUT2D eigenvalue weighted by Gasteiger charge is 2.27. The minimum atomic E-state index is -0.0562. The predicted molar refractivity (Wildman–Crippen MR) is 108 cm³/mol. The lowest BCUT2D eigenvalue weighted by Gasteiger charge is -2.33. The monoisotopic (exact) mass is 455 g/mol. The molecule has 0 radical (unpaired) electrons. The van der Waals surface area contributed by atoms with Crippen molar-refractivity contribution in [2.45, 2.75) is 46.0 Å². The van der Waals surface area contributed by atoms with Crippen LogP contribution in [0, 0.1) is 5.92 Å². The molecular weight excluding hydrogens is 421 g/mol. The van der Waals surface area contributed by atoms with Gasteiger partial charge in [0.15, 0.2) is 5.96 Å². The van der Waals surface area contributed by atoms with Gasteiger partial charge in [0.25, 0.3) is 0 Å². The summed E-state index contributed by atoms with van der Waals surface area (Å²) in [5, 5.41) is 3.38. The third kappa shape index (κ3) is 9.05. The molecule has 0 spiro atoms. The quantitative estimate of drug-likeness (QED) is 0.191. The molecule has 0 amide bonds. The SMILES string of the molecule is CCCCOCCCNC(=NC)N1CCC(C(=O)OCC)CC1.I. The van der Waals surface area contributed by atoms with Crippen LogP contribution in [0.5, 0.6) is 0 Å². The lowest BCUT2D eigenvalue weighted by atomic mass is 9.97. The molecule has 0 aromatic carbocycles. The van der Waals surface area contributed by atoms with Crippen molar-refractivity contribution in [2.75, 3.05) is 46.5 Å². The van der Waals surface area contributed by atoms with Gasteiger partial charge in [0, 0.05) is 39.9 Å². The molecule has 1 heterocycles. The number of ether oxygens (including phenoxy) is 2. The van der Waals surface area contributed by atoms with Gasteiger partial charge >= 0.3 is 5.97 Å². The molecular formula is C17H34IN3O3. The number of aliphatic imine (C=N–C) groups is 1. The summed E-state index contributed by atoms with van der Waals surface area (Å²) in [6.45, 7) is 8.66. The molecule has 1 N–H and O–H groups in total. The Morgan fingerprint density at radius 2 is 1.88 bits per heavy atom. The number of nitrogens with one attached hydrogen (secondary N) is 1. The van der Waals surface area contributed by atoms with Gasteiger partial charge in [-0.2, -0.15) is 0 Å². The Morgan fingerprint density at radius 1 is 1.21 bits per heavy atom. The number of nitrogens with zero attached hydrogens (tertiary/aromatic N) is 2. The van der Waals surface area contributed by atoms with Gasteiger partial charge in [-0.3, -0.25) is 9.79 Å². The third-order valence-electron chi connectivity index (χ3n) is 4.02. The average molecular weight is 455 g/mol. The Kier molecular flexibility index (Phi) is 14.4. The maximum absolute atomic E-state index is 11.8. The van der Waals surface area contributed by atoms with Crippen LogP contribution in [0.1, 0.15) is 46.0 Å². The Morgan fingerprint density at radius 3 is 2.46 bits per heavy atom. The first-order valence-corrected chi connectivity index (χ1v) is 8.92. The predicted octanol–water partition coefficient (Wildman–Crippen LogP) is 2.66. The summed E-state index contributed by atoms with van der Waals surface area (Å²) < 4.78 is 10.7. The number of carbonyl (C=O) groups is 1. The molecule has 142 valence electrons. The molecule has 6 nitrogen and oxygen atoms in total. The third-order valence-corrected chi connectivity index (χ3v) is 4.02. The number of unbranched alkanes of at least 4 members (excludes halogenated alkanes) is 1. The second-order valence-corrected chi connectivity index (χ2v) is 5.81. The van der Waals surface area contributed by atoms with Gasteiger partial charge in [-0.1, -0.05) is 13.3 Å². The van der Waals surface area contributed by atoms with E-state index in [0.29, 0.717) is 6.61 Å². The Hall–Kier alpha value is -0.570. The van der Waals surface area contributed by atoms with Crippen molar-refractivity contribution in [3.05, 3.63) is 0 Å². The number of piperidine rings is 1. The van der Waals surface area contributed by atoms with Gasteiger partial charge in [-0.15, -0.1) is 24.0 Å². The van der Waals surface area contributed by atoms with Gasteiger partial charge < -0.3 is 19.7 Å². The molecule has 24 heavy (non-hydrogen) atoms. The summed E-state index contributed by atoms with van der Waals surface area (Å²) >= 11 is 0. The minimum absolute atomic E-state index is 0. The molecule has 1 aliphatic heterocycles. The number of rotatable bonds is 9. The van der Waals surface area contributed by atoms with E-state index in [-0.39, 0.29) is 35.9 Å². The molecule has 0 aromatic rings. The van der Waals surface area contributed by atoms with E-state index in [0.717, 1.165) is 64.5 Å². The van der Waals surface area contributed by atoms with E-state index in [4.69, 9.17) is 9.47 Å². The summed E-state index contributed by atoms with van der Waals surface area (Å²) in [6.07, 6.45) is 4.94. The number of carbonyl (C=O) groups excluding carboxylic acids is 1. The number of hydrogen-bond donors (Lipinski definition) is 1. The van der Waals surface area contributed by atoms with Crippen LogP contribution >= 0.6 is 24.0 Å². The second kappa shape index (κ2) is 14.7. The highest BCUT2D eigenvalue weighted by molar-refractivity contribution is 14.0. The average Bonchev–Trinajstić information content (AvgIpc) is 2.58. The first-order chi connectivity index (χ1) is 11.2. The number of esters is 1. The molecule has 1 rings (SSSR count). The molecule has 0 aliphatic carbocycles. The molecule has 0 bridgehead atoms. The summed E-state index contributed by atoms with van der Waals surface area (Å²) in [7, 11) is 1.80. The lowest BCUT2D eigenvalue weighted by Crippen LogP contribution is -2.47. The zero-order valence-corrected chi connectivity index (χ0v) is 17.7. The topological polar surface area (TPSA) is 63.2 Å². The van der Waals surface area contributed by atoms with Crippen LogP contribution in [0.25, 0.3) is 0 Å². The van der Waals surface area contributed by atoms with E-state index in [2.05, 4.69) is 22.1 Å². The first-order valence-electron chi connectivity index (χ1n) is 8.92. The zero-order valence-electron chi connectivity index (χ0n) is 15.4. The molecule has 0 atom stereocenters. The van der Waals surface area contributed by atoms with E-state index in [1.54, 1.807) is 7.05 Å². The van der Waals surface area contributed by atoms with Crippen LogP contribution in [0.15, 0.2) is 4.99 Å². The van der Waals surface area contributed by atoms with E-state index in [9.17, 15) is 4.79 Å². The molecule has 0 unspecified atom stereocenters. The van der Waals surface area contributed by atoms with Crippen LogP contribution in [-0.4, -0.2) is 63.3 Å². The molecule has 1 saturated heterocycles. The van der Waals surface area contributed by atoms with E-state index >= 15 is 0 Å². The smallest absolute Gasteiger partial charge is 0.309 e. The summed E-state index contributed by atoms with van der Waals surface area (Å²) in [6, 6.07) is 0. The fraction of sp³-hybridized carbons (Fsp3) is 0.882. The van der Waals surface area contributed by atoms with Crippen molar-refractivity contribution >= 4 is 35.9 Å². The van der Waals surface area contributed by atoms with Gasteiger partial charge in [0.2, 0.25) is 0 Å². The van der Waals surface area contributed by atoms with Crippen molar-refractivity contribution in [1.29, 1.82) is 0 Å². The van der Waals surface area contributed by atoms with Crippen molar-refractivity contribution in [2.24, 2.45) is 10.9 Å². The maximum atomic E-state index is 11.8. The standard InChI is InChI=1S/C17H33N3O3.HI/c1-4-6-13-22-14-7-10-19-17(18-3)20-11-8-15(9-12-20)16(21)23-5-2;/h15H,4-14H2,1-3H3,(H,18,19);1H. The van der Waals surface area contributed by atoms with Gasteiger partial charge in [-0.05, 0) is 32.6 Å². The number of hydrogen-bond acceptors (Lipinski definition) is 4. The molecule has 1 aliphatic rings. The summed E-state index contributed by atoms with van der Waals surface area (Å²) in [5.74, 6) is 0.900. The Balaban J connectivity index is 0.00000529. The highest BCUT2D eigenvalue weighted by Crippen LogP contribution is 2.18. The van der Waals surface area contributed by atoms with Gasteiger partial charge in [0.1, 0.15) is 0 Å². The maximum Gasteiger partial charge on any atom is 0.309 e. The van der Waals surface area contributed by atoms with Crippen LogP contribution in [0.4, 0.5) is 0 Å². The lowest BCUT2D eigenvalue weighted by molar-refractivity contribution is -0.149. The molecule has 1 fully saturated rings. The van der Waals surface area contributed by atoms with Crippen LogP contribution in [0.3, 0.4) is 0 Å². The van der Waals surface area contributed by atoms with Crippen LogP contribution in [0.2, 0.25) is 0 Å². The van der Waals surface area contributed by atoms with Gasteiger partial charge in [0.05, 0.1) is 12.5 Å². The fourth-order valence-electron chi connectivity index (χ4n) is 2.64. The largest absolute Gasteiger partial charge is 0.466 e. The second-order valence-electron chi connectivity index (χ2n) is 5.81. The molecule has 0 aromatic heterocycles. The van der Waals surface area contributed by atoms with Crippen molar-refractivity contribution in [3.63, 3.8) is 0 Å². The fourth-order valence-corrected chi connectivity index (χ4v) is 2.64. The Bertz CT molecular complexity index is 359. The minimum Gasteiger partial charge on any atom is -0.466 e. The Labute approximate surface area is 163 Å². The normalized spacial score (nSPS) is 15.8. The van der Waals surface area contributed by atoms with E-state index < -0.39 is 0 Å². The number of halogens is 1. The van der Waals surface area contributed by atoms with Crippen molar-refractivity contribution in [1.82, 2.24) is 10.2 Å². The van der Waals surface area contributed by atoms with Gasteiger partial charge in [-0.25, -0.2) is 0 Å². The molecule has 0 saturated carbocycles. The molecule has 7 heteroatoms. The summed E-state index contributed by atoms with van der Waals surface area (Å²) in [4.78, 5) is 18.3. The van der Waals surface area contributed by atoms with Crippen LogP contribution < -0.4 is 5.32 Å². The van der Waals surface area contributed by atoms with E-state index in [1.807, 2.05) is 6.92 Å². The number of guanidine groups is 1. The highest BCUT2D eigenvalue weighted by atomic mass is 127. The zero-order chi connectivity index (χ0) is 16.9. The number of likely N-dealkylation sites (tertiary alicyclic amines) is 1. The summed E-state index contributed by atoms with van der Waals surface area (Å²) in [5.41, 5.74) is 0. The first kappa shape index (κ1) is 23.4.